The van der Waals surface area contributed by atoms with Gasteiger partial charge in [-0.25, -0.2) is 18.1 Å². The Morgan fingerprint density at radius 2 is 2.25 bits per heavy atom. The van der Waals surface area contributed by atoms with E-state index in [1.165, 1.54) is 19.2 Å². The maximum Gasteiger partial charge on any atom is 0.240 e. The molecule has 0 saturated heterocycles. The first-order valence-corrected chi connectivity index (χ1v) is 8.11. The lowest BCUT2D eigenvalue weighted by Crippen LogP contribution is -2.26. The summed E-state index contributed by atoms with van der Waals surface area (Å²) in [7, 11) is -2.01. The molecule has 2 N–H and O–H groups in total. The summed E-state index contributed by atoms with van der Waals surface area (Å²) in [5.74, 6) is 0.585. The van der Waals surface area contributed by atoms with E-state index < -0.39 is 10.0 Å². The number of aromatic amines is 1. The van der Waals surface area contributed by atoms with Gasteiger partial charge >= 0.3 is 0 Å². The SMILES string of the molecule is COc1ccc(S(=O)(=O)NCCc2cnc[nH]2)cc1Br. The molecule has 0 atom stereocenters. The minimum atomic E-state index is -3.53. The van der Waals surface area contributed by atoms with Gasteiger partial charge in [0.05, 0.1) is 22.8 Å². The zero-order chi connectivity index (χ0) is 14.6. The van der Waals surface area contributed by atoms with E-state index in [9.17, 15) is 8.42 Å². The number of imidazole rings is 1. The predicted molar refractivity (Wildman–Crippen MR) is 78.2 cm³/mol. The number of benzene rings is 1. The summed E-state index contributed by atoms with van der Waals surface area (Å²) < 4.78 is 32.4. The van der Waals surface area contributed by atoms with Crippen LogP contribution in [0.3, 0.4) is 0 Å². The maximum atomic E-state index is 12.1. The molecule has 0 bridgehead atoms. The molecule has 1 aromatic carbocycles. The molecule has 0 fully saturated rings. The number of rotatable bonds is 6. The number of methoxy groups -OCH3 is 1. The van der Waals surface area contributed by atoms with Crippen LogP contribution in [0.5, 0.6) is 5.75 Å². The van der Waals surface area contributed by atoms with Crippen molar-refractivity contribution in [1.29, 1.82) is 0 Å². The molecule has 0 unspecified atom stereocenters. The third-order valence-electron chi connectivity index (χ3n) is 2.67. The fraction of sp³-hybridized carbons (Fsp3) is 0.250. The monoisotopic (exact) mass is 359 g/mol. The zero-order valence-electron chi connectivity index (χ0n) is 10.8. The standard InChI is InChI=1S/C12H14BrN3O3S/c1-19-12-3-2-10(6-11(12)13)20(17,18)16-5-4-9-7-14-8-15-9/h2-3,6-8,16H,4-5H2,1H3,(H,14,15). The number of nitrogens with one attached hydrogen (secondary N) is 2. The quantitative estimate of drug-likeness (QED) is 0.821. The summed E-state index contributed by atoms with van der Waals surface area (Å²) in [6.07, 6.45) is 3.78. The lowest BCUT2D eigenvalue weighted by atomic mass is 10.3. The molecule has 0 radical (unpaired) electrons. The molecule has 0 amide bonds. The Hall–Kier alpha value is -1.38. The Morgan fingerprint density at radius 3 is 2.85 bits per heavy atom. The van der Waals surface area contributed by atoms with Gasteiger partial charge in [0.2, 0.25) is 10.0 Å². The number of halogens is 1. The van der Waals surface area contributed by atoms with E-state index in [-0.39, 0.29) is 4.90 Å². The number of aromatic nitrogens is 2. The van der Waals surface area contributed by atoms with Gasteiger partial charge < -0.3 is 9.72 Å². The third-order valence-corrected chi connectivity index (χ3v) is 4.75. The predicted octanol–water partition coefficient (Wildman–Crippen LogP) is 1.70. The van der Waals surface area contributed by atoms with Crippen molar-refractivity contribution in [3.63, 3.8) is 0 Å². The number of sulfonamides is 1. The summed E-state index contributed by atoms with van der Waals surface area (Å²) in [4.78, 5) is 6.98. The van der Waals surface area contributed by atoms with Crippen LogP contribution < -0.4 is 9.46 Å². The van der Waals surface area contributed by atoms with Gasteiger partial charge in [-0.1, -0.05) is 0 Å². The molecule has 0 aliphatic rings. The fourth-order valence-corrected chi connectivity index (χ4v) is 3.39. The van der Waals surface area contributed by atoms with Crippen LogP contribution in [0.4, 0.5) is 0 Å². The van der Waals surface area contributed by atoms with E-state index >= 15 is 0 Å². The van der Waals surface area contributed by atoms with Gasteiger partial charge in [-0.3, -0.25) is 0 Å². The number of hydrogen-bond acceptors (Lipinski definition) is 4. The van der Waals surface area contributed by atoms with Crippen molar-refractivity contribution in [2.24, 2.45) is 0 Å². The van der Waals surface area contributed by atoms with E-state index in [2.05, 4.69) is 30.6 Å². The van der Waals surface area contributed by atoms with Crippen molar-refractivity contribution < 1.29 is 13.2 Å². The first kappa shape index (κ1) is 15.0. The molecule has 8 heteroatoms. The highest BCUT2D eigenvalue weighted by Crippen LogP contribution is 2.27. The molecule has 108 valence electrons. The molecule has 6 nitrogen and oxygen atoms in total. The Labute approximate surface area is 125 Å². The maximum absolute atomic E-state index is 12.1. The van der Waals surface area contributed by atoms with Crippen molar-refractivity contribution >= 4 is 26.0 Å². The van der Waals surface area contributed by atoms with Gasteiger partial charge in [0.15, 0.2) is 0 Å². The second-order valence-electron chi connectivity index (χ2n) is 4.02. The van der Waals surface area contributed by atoms with Gasteiger partial charge in [-0.05, 0) is 34.1 Å². The van der Waals surface area contributed by atoms with Crippen molar-refractivity contribution in [3.05, 3.63) is 40.9 Å². The highest BCUT2D eigenvalue weighted by Gasteiger charge is 2.15. The van der Waals surface area contributed by atoms with Crippen LogP contribution in [-0.4, -0.2) is 32.0 Å². The van der Waals surface area contributed by atoms with Crippen LogP contribution in [-0.2, 0) is 16.4 Å². The Kier molecular flexibility index (Phi) is 4.79. The van der Waals surface area contributed by atoms with E-state index in [0.717, 1.165) is 5.69 Å². The minimum Gasteiger partial charge on any atom is -0.496 e. The molecular weight excluding hydrogens is 346 g/mol. The molecule has 0 saturated carbocycles. The summed E-state index contributed by atoms with van der Waals surface area (Å²) >= 11 is 3.27. The number of H-pyrrole nitrogens is 1. The van der Waals surface area contributed by atoms with Crippen molar-refractivity contribution in [1.82, 2.24) is 14.7 Å². The molecule has 0 aliphatic carbocycles. The van der Waals surface area contributed by atoms with Gasteiger partial charge in [-0.2, -0.15) is 0 Å². The Balaban J connectivity index is 2.04. The second kappa shape index (κ2) is 6.38. The lowest BCUT2D eigenvalue weighted by Gasteiger charge is -2.08. The van der Waals surface area contributed by atoms with Crippen LogP contribution in [0.25, 0.3) is 0 Å². The average molecular weight is 360 g/mol. The number of ether oxygens (including phenoxy) is 1. The summed E-state index contributed by atoms with van der Waals surface area (Å²) in [5, 5.41) is 0. The Bertz CT molecular complexity index is 671. The van der Waals surface area contributed by atoms with Crippen LogP contribution in [0.15, 0.2) is 40.1 Å². The minimum absolute atomic E-state index is 0.190. The molecule has 1 aromatic heterocycles. The van der Waals surface area contributed by atoms with E-state index in [0.29, 0.717) is 23.2 Å². The smallest absolute Gasteiger partial charge is 0.240 e. The molecular formula is C12H14BrN3O3S. The van der Waals surface area contributed by atoms with Gasteiger partial charge in [0.25, 0.3) is 0 Å². The molecule has 2 aromatic rings. The van der Waals surface area contributed by atoms with E-state index in [1.54, 1.807) is 18.6 Å². The first-order chi connectivity index (χ1) is 9.53. The highest BCUT2D eigenvalue weighted by atomic mass is 79.9. The van der Waals surface area contributed by atoms with Crippen molar-refractivity contribution in [2.75, 3.05) is 13.7 Å². The fourth-order valence-electron chi connectivity index (χ4n) is 1.64. The second-order valence-corrected chi connectivity index (χ2v) is 6.64. The lowest BCUT2D eigenvalue weighted by molar-refractivity contribution is 0.411. The molecule has 20 heavy (non-hydrogen) atoms. The van der Waals surface area contributed by atoms with E-state index in [4.69, 9.17) is 4.74 Å². The average Bonchev–Trinajstić information content (AvgIpc) is 2.91. The third kappa shape index (κ3) is 3.59. The number of nitrogens with zero attached hydrogens (tertiary/aromatic N) is 1. The molecule has 0 spiro atoms. The summed E-state index contributed by atoms with van der Waals surface area (Å²) in [6, 6.07) is 4.62. The van der Waals surface area contributed by atoms with Crippen LogP contribution in [0, 0.1) is 0 Å². The molecule has 2 rings (SSSR count). The number of hydrogen-bond donors (Lipinski definition) is 2. The largest absolute Gasteiger partial charge is 0.496 e. The van der Waals surface area contributed by atoms with Crippen LogP contribution in [0.1, 0.15) is 5.69 Å². The summed E-state index contributed by atoms with van der Waals surface area (Å²) in [6.45, 7) is 0.300. The Morgan fingerprint density at radius 1 is 1.45 bits per heavy atom. The van der Waals surface area contributed by atoms with Crippen molar-refractivity contribution in [3.8, 4) is 5.75 Å². The van der Waals surface area contributed by atoms with E-state index in [1.807, 2.05) is 0 Å². The first-order valence-electron chi connectivity index (χ1n) is 5.83. The zero-order valence-corrected chi connectivity index (χ0v) is 13.2. The molecule has 1 heterocycles. The topological polar surface area (TPSA) is 84.1 Å². The van der Waals surface area contributed by atoms with Crippen LogP contribution >= 0.6 is 15.9 Å². The van der Waals surface area contributed by atoms with Crippen LogP contribution in [0.2, 0.25) is 0 Å². The van der Waals surface area contributed by atoms with Gasteiger partial charge in [0, 0.05) is 24.9 Å². The highest BCUT2D eigenvalue weighted by molar-refractivity contribution is 9.10. The van der Waals surface area contributed by atoms with Gasteiger partial charge in [0.1, 0.15) is 5.75 Å². The molecule has 0 aliphatic heterocycles. The summed E-state index contributed by atoms with van der Waals surface area (Å²) in [5.41, 5.74) is 0.878. The van der Waals surface area contributed by atoms with Crippen molar-refractivity contribution in [2.45, 2.75) is 11.3 Å². The van der Waals surface area contributed by atoms with Gasteiger partial charge in [-0.15, -0.1) is 0 Å². The normalized spacial score (nSPS) is 11.5.